The zero-order valence-electron chi connectivity index (χ0n) is 24.8. The minimum Gasteiger partial charge on any atom is -0.437 e. The normalized spacial score (nSPS) is 18.4. The molecular formula is C31H30F4N4O5S. The van der Waals surface area contributed by atoms with E-state index in [9.17, 15) is 35.6 Å². The minimum absolute atomic E-state index is 0.0536. The fourth-order valence-electron chi connectivity index (χ4n) is 5.84. The summed E-state index contributed by atoms with van der Waals surface area (Å²) in [6.07, 6.45) is -2.78. The van der Waals surface area contributed by atoms with Gasteiger partial charge in [0, 0.05) is 29.3 Å². The van der Waals surface area contributed by atoms with Crippen molar-refractivity contribution in [2.45, 2.75) is 38.4 Å². The van der Waals surface area contributed by atoms with E-state index in [1.54, 1.807) is 0 Å². The molecule has 2 heterocycles. The van der Waals surface area contributed by atoms with E-state index in [0.717, 1.165) is 25.0 Å². The van der Waals surface area contributed by atoms with E-state index < -0.39 is 51.7 Å². The second-order valence-corrected chi connectivity index (χ2v) is 13.5. The number of anilines is 1. The fraction of sp³-hybridized carbons (Fsp3) is 0.323. The van der Waals surface area contributed by atoms with Gasteiger partial charge in [-0.25, -0.2) is 17.1 Å². The molecule has 0 saturated heterocycles. The third kappa shape index (κ3) is 6.65. The van der Waals surface area contributed by atoms with Crippen molar-refractivity contribution in [2.75, 3.05) is 24.2 Å². The lowest BCUT2D eigenvalue weighted by molar-refractivity contribution is -0.117. The number of benzene rings is 2. The lowest BCUT2D eigenvalue weighted by Gasteiger charge is -2.44. The summed E-state index contributed by atoms with van der Waals surface area (Å²) < 4.78 is 86.5. The molecule has 1 fully saturated rings. The summed E-state index contributed by atoms with van der Waals surface area (Å²) in [6, 6.07) is 12.2. The van der Waals surface area contributed by atoms with E-state index in [1.165, 1.54) is 49.5 Å². The first-order chi connectivity index (χ1) is 21.0. The Morgan fingerprint density at radius 1 is 1.07 bits per heavy atom. The number of pyridine rings is 1. The van der Waals surface area contributed by atoms with Gasteiger partial charge in [-0.15, -0.1) is 0 Å². The summed E-state index contributed by atoms with van der Waals surface area (Å²) in [4.78, 5) is 30.6. The summed E-state index contributed by atoms with van der Waals surface area (Å²) in [5.74, 6) is -1.84. The average molecular weight is 647 g/mol. The molecule has 2 aromatic heterocycles. The van der Waals surface area contributed by atoms with Crippen molar-refractivity contribution in [1.82, 2.24) is 15.6 Å². The molecule has 0 unspecified atom stereocenters. The molecule has 1 aliphatic rings. The zero-order chi connectivity index (χ0) is 32.9. The molecule has 2 N–H and O–H groups in total. The number of hydrogen-bond acceptors (Lipinski definition) is 6. The van der Waals surface area contributed by atoms with E-state index >= 15 is 0 Å². The number of halogens is 4. The van der Waals surface area contributed by atoms with E-state index in [0.29, 0.717) is 12.2 Å². The average Bonchev–Trinajstić information content (AvgIpc) is 3.32. The standard InChI is InChI=1S/C31H30F4N4O5S/c1-17-14-30(2,15-17)38-27(40)20-7-5-6-19(12-20)22-13-23-24(28(41)36-3)25(18-8-10-21(32)11-9-18)44-29(23)37-26(22)39(45(4,42)43)16-31(33,34)35/h5-13,17H,14-16H2,1-4H3,(H,36,41)(H,38,40). The number of nitrogens with one attached hydrogen (secondary N) is 2. The quantitative estimate of drug-likeness (QED) is 0.230. The van der Waals surface area contributed by atoms with Crippen molar-refractivity contribution >= 4 is 38.8 Å². The van der Waals surface area contributed by atoms with Gasteiger partial charge in [0.2, 0.25) is 15.7 Å². The summed E-state index contributed by atoms with van der Waals surface area (Å²) in [7, 11) is -3.21. The number of aromatic nitrogens is 1. The van der Waals surface area contributed by atoms with Gasteiger partial charge in [0.05, 0.1) is 17.2 Å². The number of fused-ring (bicyclic) bond motifs is 1. The first kappa shape index (κ1) is 31.9. The van der Waals surface area contributed by atoms with Gasteiger partial charge in [-0.3, -0.25) is 9.59 Å². The number of nitrogens with zero attached hydrogens (tertiary/aromatic N) is 2. The molecule has 0 atom stereocenters. The van der Waals surface area contributed by atoms with E-state index in [1.807, 2.05) is 6.92 Å². The van der Waals surface area contributed by atoms with Gasteiger partial charge in [-0.05, 0) is 73.7 Å². The van der Waals surface area contributed by atoms with Gasteiger partial charge in [-0.1, -0.05) is 19.1 Å². The van der Waals surface area contributed by atoms with Crippen LogP contribution >= 0.6 is 0 Å². The monoisotopic (exact) mass is 646 g/mol. The highest BCUT2D eigenvalue weighted by molar-refractivity contribution is 7.92. The summed E-state index contributed by atoms with van der Waals surface area (Å²) in [5, 5.41) is 5.53. The zero-order valence-corrected chi connectivity index (χ0v) is 25.6. The molecule has 4 aromatic rings. The summed E-state index contributed by atoms with van der Waals surface area (Å²) in [5.41, 5.74) is -0.274. The Labute approximate surface area is 256 Å². The van der Waals surface area contributed by atoms with Gasteiger partial charge >= 0.3 is 6.18 Å². The van der Waals surface area contributed by atoms with Crippen molar-refractivity contribution in [3.05, 3.63) is 71.5 Å². The van der Waals surface area contributed by atoms with Gasteiger partial charge in [0.25, 0.3) is 11.8 Å². The highest BCUT2D eigenvalue weighted by Crippen LogP contribution is 2.41. The van der Waals surface area contributed by atoms with Gasteiger partial charge < -0.3 is 15.1 Å². The number of amides is 2. The lowest BCUT2D eigenvalue weighted by atomic mass is 9.70. The number of carbonyl (C=O) groups excluding carboxylic acids is 2. The van der Waals surface area contributed by atoms with Crippen molar-refractivity contribution in [1.29, 1.82) is 0 Å². The number of sulfonamides is 1. The molecule has 9 nitrogen and oxygen atoms in total. The van der Waals surface area contributed by atoms with E-state index in [-0.39, 0.29) is 49.0 Å². The molecule has 1 aliphatic carbocycles. The lowest BCUT2D eigenvalue weighted by Crippen LogP contribution is -2.54. The van der Waals surface area contributed by atoms with Crippen LogP contribution < -0.4 is 14.9 Å². The molecule has 14 heteroatoms. The Morgan fingerprint density at radius 2 is 1.73 bits per heavy atom. The Bertz CT molecular complexity index is 1900. The third-order valence-electron chi connectivity index (χ3n) is 7.63. The molecule has 2 aromatic carbocycles. The van der Waals surface area contributed by atoms with Crippen LogP contribution in [0.4, 0.5) is 23.4 Å². The van der Waals surface area contributed by atoms with Crippen LogP contribution in [0, 0.1) is 11.7 Å². The number of hydrogen-bond donors (Lipinski definition) is 2. The van der Waals surface area contributed by atoms with Crippen LogP contribution in [0.25, 0.3) is 33.6 Å². The van der Waals surface area contributed by atoms with Crippen molar-refractivity contribution in [3.63, 3.8) is 0 Å². The maximum Gasteiger partial charge on any atom is 0.407 e. The van der Waals surface area contributed by atoms with Gasteiger partial charge in [0.15, 0.2) is 5.82 Å². The molecule has 2 amide bonds. The van der Waals surface area contributed by atoms with Crippen molar-refractivity contribution in [2.24, 2.45) is 5.92 Å². The minimum atomic E-state index is -4.95. The van der Waals surface area contributed by atoms with Crippen molar-refractivity contribution in [3.8, 4) is 22.5 Å². The Hall–Kier alpha value is -4.46. The van der Waals surface area contributed by atoms with Gasteiger partial charge in [-0.2, -0.15) is 18.2 Å². The molecule has 5 rings (SSSR count). The van der Waals surface area contributed by atoms with Crippen molar-refractivity contribution < 1.29 is 40.0 Å². The first-order valence-electron chi connectivity index (χ1n) is 13.9. The highest BCUT2D eigenvalue weighted by atomic mass is 32.2. The van der Waals surface area contributed by atoms with Crippen LogP contribution in [0.15, 0.2) is 59.0 Å². The van der Waals surface area contributed by atoms with Crippen LogP contribution in [-0.2, 0) is 10.0 Å². The van der Waals surface area contributed by atoms with Gasteiger partial charge in [0.1, 0.15) is 18.1 Å². The first-order valence-corrected chi connectivity index (χ1v) is 15.8. The molecule has 45 heavy (non-hydrogen) atoms. The molecule has 0 bridgehead atoms. The Kier molecular flexibility index (Phi) is 8.15. The predicted molar refractivity (Wildman–Crippen MR) is 161 cm³/mol. The molecule has 0 aliphatic heterocycles. The van der Waals surface area contributed by atoms with Crippen LogP contribution in [0.5, 0.6) is 0 Å². The number of furan rings is 1. The molecule has 0 radical (unpaired) electrons. The Balaban J connectivity index is 1.75. The van der Waals surface area contributed by atoms with Crippen LogP contribution in [0.3, 0.4) is 0 Å². The second kappa shape index (κ2) is 11.5. The maximum atomic E-state index is 13.7. The van der Waals surface area contributed by atoms with Crippen LogP contribution in [0.2, 0.25) is 0 Å². The number of alkyl halides is 3. The molecule has 0 spiro atoms. The SMILES string of the molecule is CNC(=O)c1c(-c2ccc(F)cc2)oc2nc(N(CC(F)(F)F)S(C)(=O)=O)c(-c3cccc(C(=O)NC4(C)CC(C)C4)c3)cc12. The second-order valence-electron chi connectivity index (χ2n) is 11.6. The fourth-order valence-corrected chi connectivity index (χ4v) is 6.67. The third-order valence-corrected chi connectivity index (χ3v) is 8.73. The van der Waals surface area contributed by atoms with Crippen LogP contribution in [0.1, 0.15) is 47.4 Å². The molecule has 238 valence electrons. The number of carbonyl (C=O) groups is 2. The molecule has 1 saturated carbocycles. The Morgan fingerprint density at radius 3 is 2.31 bits per heavy atom. The highest BCUT2D eigenvalue weighted by Gasteiger charge is 2.40. The van der Waals surface area contributed by atoms with Crippen LogP contribution in [-0.4, -0.2) is 56.8 Å². The predicted octanol–water partition coefficient (Wildman–Crippen LogP) is 5.91. The smallest absolute Gasteiger partial charge is 0.407 e. The maximum absolute atomic E-state index is 13.7. The topological polar surface area (TPSA) is 122 Å². The number of rotatable bonds is 8. The molecular weight excluding hydrogens is 616 g/mol. The summed E-state index contributed by atoms with van der Waals surface area (Å²) >= 11 is 0. The summed E-state index contributed by atoms with van der Waals surface area (Å²) in [6.45, 7) is 2.09. The largest absolute Gasteiger partial charge is 0.437 e. The van der Waals surface area contributed by atoms with E-state index in [4.69, 9.17) is 4.42 Å². The van der Waals surface area contributed by atoms with E-state index in [2.05, 4.69) is 22.5 Å².